The van der Waals surface area contributed by atoms with Gasteiger partial charge < -0.3 is 20.7 Å². The number of nitrogen functional groups attached to an aromatic ring is 1. The van der Waals surface area contributed by atoms with Crippen LogP contribution in [0.1, 0.15) is 46.6 Å². The van der Waals surface area contributed by atoms with E-state index in [0.717, 1.165) is 11.3 Å². The second-order valence-corrected chi connectivity index (χ2v) is 9.99. The van der Waals surface area contributed by atoms with Crippen molar-refractivity contribution in [1.29, 1.82) is 5.41 Å². The lowest BCUT2D eigenvalue weighted by Gasteiger charge is -2.30. The molecule has 41 heavy (non-hydrogen) atoms. The van der Waals surface area contributed by atoms with Gasteiger partial charge in [0.15, 0.2) is 0 Å². The molecule has 1 aromatic heterocycles. The Morgan fingerprint density at radius 2 is 1.78 bits per heavy atom. The van der Waals surface area contributed by atoms with Crippen molar-refractivity contribution in [1.82, 2.24) is 20.0 Å². The minimum absolute atomic E-state index is 0.0413. The van der Waals surface area contributed by atoms with Crippen LogP contribution in [0, 0.1) is 15.5 Å². The molecule has 2 amide bonds. The van der Waals surface area contributed by atoms with Crippen LogP contribution in [0.2, 0.25) is 0 Å². The van der Waals surface area contributed by atoms with Crippen molar-refractivity contribution in [2.45, 2.75) is 51.9 Å². The number of benzene rings is 2. The number of rotatable bonds is 10. The number of amides is 2. The number of fused-ring (bicyclic) bond motifs is 1. The number of amidine groups is 1. The van der Waals surface area contributed by atoms with Crippen molar-refractivity contribution >= 4 is 29.3 Å². The molecule has 2 aromatic carbocycles. The van der Waals surface area contributed by atoms with Crippen LogP contribution >= 0.6 is 0 Å². The number of nitrogens with zero attached hydrogens (tertiary/aromatic N) is 4. The molecule has 4 rings (SSSR count). The second-order valence-electron chi connectivity index (χ2n) is 9.99. The number of carbonyl (C=O) groups excluding carboxylic acids is 3. The molecule has 4 N–H and O–H groups in total. The molecule has 0 aliphatic carbocycles. The van der Waals surface area contributed by atoms with Gasteiger partial charge in [-0.2, -0.15) is 5.10 Å². The first-order chi connectivity index (χ1) is 19.5. The highest BCUT2D eigenvalue weighted by Gasteiger charge is 2.30. The number of nitro groups is 1. The molecule has 1 aliphatic rings. The van der Waals surface area contributed by atoms with E-state index in [4.69, 9.17) is 15.9 Å². The summed E-state index contributed by atoms with van der Waals surface area (Å²) in [6, 6.07) is 11.0. The zero-order valence-corrected chi connectivity index (χ0v) is 22.7. The molecule has 0 saturated heterocycles. The van der Waals surface area contributed by atoms with E-state index in [-0.39, 0.29) is 48.6 Å². The van der Waals surface area contributed by atoms with Crippen LogP contribution in [-0.4, -0.2) is 61.9 Å². The van der Waals surface area contributed by atoms with Crippen molar-refractivity contribution in [3.8, 4) is 0 Å². The zero-order chi connectivity index (χ0) is 29.7. The fourth-order valence-electron chi connectivity index (χ4n) is 4.52. The van der Waals surface area contributed by atoms with Gasteiger partial charge >= 0.3 is 5.97 Å². The Labute approximate surface area is 235 Å². The molecule has 0 unspecified atom stereocenters. The predicted molar refractivity (Wildman–Crippen MR) is 148 cm³/mol. The molecule has 1 aliphatic heterocycles. The minimum atomic E-state index is -0.964. The third-order valence-electron chi connectivity index (χ3n) is 6.52. The molecule has 2 heterocycles. The van der Waals surface area contributed by atoms with E-state index in [2.05, 4.69) is 10.4 Å². The molecule has 0 fully saturated rings. The maximum absolute atomic E-state index is 13.8. The predicted octanol–water partition coefficient (Wildman–Crippen LogP) is 1.95. The fraction of sp³-hybridized carbons (Fsp3) is 0.321. The number of non-ortho nitro benzene ring substituents is 1. The first kappa shape index (κ1) is 28.9. The van der Waals surface area contributed by atoms with Gasteiger partial charge in [0.1, 0.15) is 18.4 Å². The van der Waals surface area contributed by atoms with Crippen LogP contribution in [0.4, 0.5) is 5.69 Å². The number of carbonyl (C=O) groups is 3. The van der Waals surface area contributed by atoms with Gasteiger partial charge in [0.2, 0.25) is 5.91 Å². The van der Waals surface area contributed by atoms with Crippen LogP contribution in [0.25, 0.3) is 0 Å². The first-order valence-electron chi connectivity index (χ1n) is 13.0. The zero-order valence-electron chi connectivity index (χ0n) is 22.7. The van der Waals surface area contributed by atoms with Crippen molar-refractivity contribution < 1.29 is 24.0 Å². The third-order valence-corrected chi connectivity index (χ3v) is 6.52. The van der Waals surface area contributed by atoms with Crippen molar-refractivity contribution in [2.75, 3.05) is 6.54 Å². The molecule has 0 radical (unpaired) electrons. The quantitative estimate of drug-likeness (QED) is 0.110. The number of ether oxygens (including phenoxy) is 1. The van der Waals surface area contributed by atoms with Crippen LogP contribution in [0.3, 0.4) is 0 Å². The van der Waals surface area contributed by atoms with Gasteiger partial charge in [0.25, 0.3) is 11.6 Å². The maximum atomic E-state index is 13.8. The number of aromatic nitrogens is 2. The molecule has 3 aromatic rings. The SMILES string of the molecule is CC(C)OC(=O)Cn1cc2c(n1)CCN(C(=O)[C@H](Cc1ccc([N+](=O)[O-])cc1)NC(=O)c1ccc(C(=N)N)cc1)C2. The summed E-state index contributed by atoms with van der Waals surface area (Å²) < 4.78 is 6.69. The van der Waals surface area contributed by atoms with E-state index < -0.39 is 22.8 Å². The maximum Gasteiger partial charge on any atom is 0.328 e. The first-order valence-corrected chi connectivity index (χ1v) is 13.0. The van der Waals surface area contributed by atoms with Gasteiger partial charge in [0.05, 0.1) is 16.7 Å². The summed E-state index contributed by atoms with van der Waals surface area (Å²) in [5.74, 6) is -1.35. The lowest BCUT2D eigenvalue weighted by molar-refractivity contribution is -0.384. The molecule has 214 valence electrons. The van der Waals surface area contributed by atoms with Gasteiger partial charge in [-0.15, -0.1) is 0 Å². The summed E-state index contributed by atoms with van der Waals surface area (Å²) in [6.45, 7) is 4.10. The molecule has 0 saturated carbocycles. The molecule has 0 bridgehead atoms. The fourth-order valence-corrected chi connectivity index (χ4v) is 4.52. The Balaban J connectivity index is 1.52. The standard InChI is InChI=1S/C28H31N7O6/c1-17(2)41-25(36)16-34-15-21-14-33(12-11-23(21)32-34)28(38)24(13-18-3-9-22(10-4-18)35(39)40)31-27(37)20-7-5-19(6-8-20)26(29)30/h3-10,15,17,24H,11-14,16H2,1-2H3,(H3,29,30)(H,31,37)/t24-/m0/s1. The second kappa shape index (κ2) is 12.4. The molecule has 13 nitrogen and oxygen atoms in total. The number of nitro benzene ring substituents is 1. The summed E-state index contributed by atoms with van der Waals surface area (Å²) in [5.41, 5.74) is 8.38. The smallest absolute Gasteiger partial charge is 0.328 e. The van der Waals surface area contributed by atoms with E-state index in [1.165, 1.54) is 28.9 Å². The summed E-state index contributed by atoms with van der Waals surface area (Å²) >= 11 is 0. The third kappa shape index (κ3) is 7.32. The Morgan fingerprint density at radius 1 is 1.12 bits per heavy atom. The molecule has 13 heteroatoms. The molecular weight excluding hydrogens is 530 g/mol. The largest absolute Gasteiger partial charge is 0.462 e. The number of hydrogen-bond acceptors (Lipinski definition) is 8. The van der Waals surface area contributed by atoms with E-state index in [1.807, 2.05) is 0 Å². The Morgan fingerprint density at radius 3 is 2.39 bits per heavy atom. The van der Waals surface area contributed by atoms with Crippen LogP contribution < -0.4 is 11.1 Å². The topological polar surface area (TPSA) is 187 Å². The van der Waals surface area contributed by atoms with Gasteiger partial charge in [-0.25, -0.2) is 0 Å². The number of nitrogens with one attached hydrogen (secondary N) is 2. The highest BCUT2D eigenvalue weighted by molar-refractivity contribution is 5.99. The Hall–Kier alpha value is -5.07. The lowest BCUT2D eigenvalue weighted by Crippen LogP contribution is -2.50. The van der Waals surface area contributed by atoms with Crippen molar-refractivity contribution in [3.63, 3.8) is 0 Å². The number of esters is 1. The normalized spacial score (nSPS) is 13.3. The van der Waals surface area contributed by atoms with Crippen LogP contribution in [0.15, 0.2) is 54.7 Å². The molecule has 1 atom stereocenters. The van der Waals surface area contributed by atoms with Crippen LogP contribution in [0.5, 0.6) is 0 Å². The van der Waals surface area contributed by atoms with E-state index in [0.29, 0.717) is 24.1 Å². The highest BCUT2D eigenvalue weighted by Crippen LogP contribution is 2.20. The lowest BCUT2D eigenvalue weighted by atomic mass is 10.0. The van der Waals surface area contributed by atoms with Gasteiger partial charge in [-0.3, -0.25) is 34.6 Å². The minimum Gasteiger partial charge on any atom is -0.462 e. The average molecular weight is 562 g/mol. The molecular formula is C28H31N7O6. The van der Waals surface area contributed by atoms with Crippen LogP contribution in [-0.2, 0) is 40.3 Å². The van der Waals surface area contributed by atoms with Gasteiger partial charge in [-0.05, 0) is 31.5 Å². The number of nitrogens with two attached hydrogens (primary N) is 1. The summed E-state index contributed by atoms with van der Waals surface area (Å²) in [6.07, 6.45) is 2.06. The summed E-state index contributed by atoms with van der Waals surface area (Å²) in [4.78, 5) is 51.1. The number of hydrogen-bond donors (Lipinski definition) is 3. The van der Waals surface area contributed by atoms with E-state index in [9.17, 15) is 24.5 Å². The monoisotopic (exact) mass is 561 g/mol. The molecule has 0 spiro atoms. The van der Waals surface area contributed by atoms with E-state index in [1.54, 1.807) is 49.2 Å². The van der Waals surface area contributed by atoms with Crippen molar-refractivity contribution in [2.24, 2.45) is 5.73 Å². The Kier molecular flexibility index (Phi) is 8.75. The van der Waals surface area contributed by atoms with Gasteiger partial charge in [-0.1, -0.05) is 24.3 Å². The highest BCUT2D eigenvalue weighted by atomic mass is 16.6. The summed E-state index contributed by atoms with van der Waals surface area (Å²) in [5, 5.41) is 25.9. The van der Waals surface area contributed by atoms with Gasteiger partial charge in [0, 0.05) is 61.0 Å². The average Bonchev–Trinajstić information content (AvgIpc) is 3.33. The van der Waals surface area contributed by atoms with Crippen molar-refractivity contribution in [3.05, 3.63) is 92.8 Å². The summed E-state index contributed by atoms with van der Waals surface area (Å²) in [7, 11) is 0. The Bertz CT molecular complexity index is 1460. The van der Waals surface area contributed by atoms with E-state index >= 15 is 0 Å².